The Bertz CT molecular complexity index is 388. The Hall–Kier alpha value is -1.03. The van der Waals surface area contributed by atoms with Crippen molar-refractivity contribution in [1.29, 1.82) is 0 Å². The Labute approximate surface area is 100 Å². The Balaban J connectivity index is 1.93. The lowest BCUT2D eigenvalue weighted by molar-refractivity contribution is 0.0895. The van der Waals surface area contributed by atoms with E-state index < -0.39 is 0 Å². The minimum Gasteiger partial charge on any atom is -0.398 e. The highest BCUT2D eigenvalue weighted by molar-refractivity contribution is 7.14. The van der Waals surface area contributed by atoms with Gasteiger partial charge in [-0.1, -0.05) is 13.3 Å². The minimum absolute atomic E-state index is 0.0120. The van der Waals surface area contributed by atoms with Crippen LogP contribution in [-0.4, -0.2) is 12.5 Å². The molecule has 0 aromatic carbocycles. The van der Waals surface area contributed by atoms with Crippen LogP contribution in [0, 0.1) is 12.3 Å². The number of nitrogens with one attached hydrogen (secondary N) is 1. The van der Waals surface area contributed by atoms with Crippen LogP contribution in [0.15, 0.2) is 6.07 Å². The van der Waals surface area contributed by atoms with Gasteiger partial charge in [-0.3, -0.25) is 4.79 Å². The van der Waals surface area contributed by atoms with E-state index in [2.05, 4.69) is 12.2 Å². The Morgan fingerprint density at radius 3 is 2.75 bits per heavy atom. The molecule has 1 aromatic rings. The maximum atomic E-state index is 11.8. The molecule has 0 unspecified atom stereocenters. The summed E-state index contributed by atoms with van der Waals surface area (Å²) in [7, 11) is 0. The average Bonchev–Trinajstić information content (AvgIpc) is 2.53. The number of nitrogen functional groups attached to an aromatic ring is 1. The van der Waals surface area contributed by atoms with Crippen molar-refractivity contribution in [3.63, 3.8) is 0 Å². The third kappa shape index (κ3) is 2.21. The molecular weight excluding hydrogens is 220 g/mol. The van der Waals surface area contributed by atoms with Crippen LogP contribution in [0.1, 0.15) is 40.7 Å². The highest BCUT2D eigenvalue weighted by atomic mass is 32.1. The van der Waals surface area contributed by atoms with Gasteiger partial charge in [0, 0.05) is 17.1 Å². The zero-order valence-corrected chi connectivity index (χ0v) is 10.6. The van der Waals surface area contributed by atoms with Crippen molar-refractivity contribution < 1.29 is 4.79 Å². The zero-order valence-electron chi connectivity index (χ0n) is 9.80. The molecule has 1 fully saturated rings. The number of rotatable bonds is 3. The van der Waals surface area contributed by atoms with Gasteiger partial charge in [-0.05, 0) is 31.2 Å². The molecule has 4 heteroatoms. The van der Waals surface area contributed by atoms with Gasteiger partial charge in [0.25, 0.3) is 5.91 Å². The van der Waals surface area contributed by atoms with Gasteiger partial charge in [0.1, 0.15) is 0 Å². The summed E-state index contributed by atoms with van der Waals surface area (Å²) in [6, 6.07) is 1.76. The summed E-state index contributed by atoms with van der Waals surface area (Å²) in [5.74, 6) is 0.0120. The highest BCUT2D eigenvalue weighted by Crippen LogP contribution is 2.39. The topological polar surface area (TPSA) is 55.1 Å². The predicted molar refractivity (Wildman–Crippen MR) is 67.8 cm³/mol. The first-order valence-corrected chi connectivity index (χ1v) is 6.46. The maximum Gasteiger partial charge on any atom is 0.261 e. The molecule has 3 N–H and O–H groups in total. The largest absolute Gasteiger partial charge is 0.398 e. The van der Waals surface area contributed by atoms with Crippen molar-refractivity contribution in [2.75, 3.05) is 12.3 Å². The van der Waals surface area contributed by atoms with E-state index >= 15 is 0 Å². The third-order valence-electron chi connectivity index (χ3n) is 3.42. The lowest BCUT2D eigenvalue weighted by Gasteiger charge is -2.38. The summed E-state index contributed by atoms with van der Waals surface area (Å²) < 4.78 is 0. The van der Waals surface area contributed by atoms with Crippen molar-refractivity contribution in [2.45, 2.75) is 33.1 Å². The molecule has 16 heavy (non-hydrogen) atoms. The Morgan fingerprint density at radius 2 is 2.31 bits per heavy atom. The summed E-state index contributed by atoms with van der Waals surface area (Å²) in [6.45, 7) is 4.94. The molecule has 0 atom stereocenters. The number of hydrogen-bond donors (Lipinski definition) is 2. The van der Waals surface area contributed by atoms with Gasteiger partial charge in [-0.15, -0.1) is 11.3 Å². The molecule has 88 valence electrons. The van der Waals surface area contributed by atoms with Crippen LogP contribution in [-0.2, 0) is 0 Å². The fraction of sp³-hybridized carbons (Fsp3) is 0.583. The Kier molecular flexibility index (Phi) is 2.93. The lowest BCUT2D eigenvalue weighted by atomic mass is 9.70. The Morgan fingerprint density at radius 1 is 1.62 bits per heavy atom. The van der Waals surface area contributed by atoms with Gasteiger partial charge in [0.05, 0.1) is 4.88 Å². The van der Waals surface area contributed by atoms with Crippen molar-refractivity contribution >= 4 is 22.9 Å². The van der Waals surface area contributed by atoms with Crippen molar-refractivity contribution in [1.82, 2.24) is 5.32 Å². The van der Waals surface area contributed by atoms with Gasteiger partial charge < -0.3 is 11.1 Å². The van der Waals surface area contributed by atoms with Gasteiger partial charge in [0.2, 0.25) is 0 Å². The molecule has 1 amide bonds. The predicted octanol–water partition coefficient (Wildman–Crippen LogP) is 2.56. The summed E-state index contributed by atoms with van der Waals surface area (Å²) in [6.07, 6.45) is 3.73. The van der Waals surface area contributed by atoms with Gasteiger partial charge in [-0.2, -0.15) is 0 Å². The smallest absolute Gasteiger partial charge is 0.261 e. The van der Waals surface area contributed by atoms with Gasteiger partial charge in [0.15, 0.2) is 0 Å². The highest BCUT2D eigenvalue weighted by Gasteiger charge is 2.32. The molecular formula is C12H18N2OS. The average molecular weight is 238 g/mol. The monoisotopic (exact) mass is 238 g/mol. The van der Waals surface area contributed by atoms with E-state index in [0.29, 0.717) is 11.1 Å². The quantitative estimate of drug-likeness (QED) is 0.850. The summed E-state index contributed by atoms with van der Waals surface area (Å²) in [4.78, 5) is 13.6. The van der Waals surface area contributed by atoms with Gasteiger partial charge >= 0.3 is 0 Å². The molecule has 1 aromatic heterocycles. The fourth-order valence-corrected chi connectivity index (χ4v) is 2.80. The molecule has 1 aliphatic rings. The molecule has 0 aliphatic heterocycles. The maximum absolute atomic E-state index is 11.8. The fourth-order valence-electron chi connectivity index (χ4n) is 1.95. The molecule has 3 nitrogen and oxygen atoms in total. The summed E-state index contributed by atoms with van der Waals surface area (Å²) >= 11 is 1.46. The van der Waals surface area contributed by atoms with Crippen LogP contribution in [0.3, 0.4) is 0 Å². The van der Waals surface area contributed by atoms with E-state index in [9.17, 15) is 4.79 Å². The van der Waals surface area contributed by atoms with Gasteiger partial charge in [-0.25, -0.2) is 0 Å². The molecule has 0 radical (unpaired) electrons. The van der Waals surface area contributed by atoms with E-state index in [1.54, 1.807) is 6.07 Å². The lowest BCUT2D eigenvalue weighted by Crippen LogP contribution is -2.39. The summed E-state index contributed by atoms with van der Waals surface area (Å²) in [5, 5.41) is 3.00. The first-order valence-electron chi connectivity index (χ1n) is 5.64. The second-order valence-corrected chi connectivity index (χ2v) is 6.23. The number of anilines is 1. The second-order valence-electron chi connectivity index (χ2n) is 4.97. The van der Waals surface area contributed by atoms with Crippen molar-refractivity contribution in [3.8, 4) is 0 Å². The molecule has 1 aliphatic carbocycles. The van der Waals surface area contributed by atoms with E-state index in [1.165, 1.54) is 30.6 Å². The first-order chi connectivity index (χ1) is 7.50. The van der Waals surface area contributed by atoms with Crippen LogP contribution in [0.25, 0.3) is 0 Å². The van der Waals surface area contributed by atoms with Crippen LogP contribution >= 0.6 is 11.3 Å². The van der Waals surface area contributed by atoms with E-state index in [0.717, 1.165) is 16.3 Å². The molecule has 0 saturated heterocycles. The number of hydrogen-bond acceptors (Lipinski definition) is 3. The SMILES string of the molecule is Cc1sc(C(=O)NCC2(C)CCC2)cc1N. The number of thiophene rings is 1. The van der Waals surface area contributed by atoms with E-state index in [4.69, 9.17) is 5.73 Å². The standard InChI is InChI=1S/C12H18N2OS/c1-8-9(13)6-10(16-8)11(15)14-7-12(2)4-3-5-12/h6H,3-5,7,13H2,1-2H3,(H,14,15). The molecule has 1 saturated carbocycles. The van der Waals surface area contributed by atoms with Crippen LogP contribution in [0.4, 0.5) is 5.69 Å². The third-order valence-corrected chi connectivity index (χ3v) is 4.48. The number of nitrogens with two attached hydrogens (primary N) is 1. The first kappa shape index (κ1) is 11.5. The molecule has 2 rings (SSSR count). The van der Waals surface area contributed by atoms with Crippen LogP contribution in [0.5, 0.6) is 0 Å². The summed E-state index contributed by atoms with van der Waals surface area (Å²) in [5.41, 5.74) is 6.77. The normalized spacial score (nSPS) is 17.9. The molecule has 1 heterocycles. The van der Waals surface area contributed by atoms with Crippen LogP contribution in [0.2, 0.25) is 0 Å². The van der Waals surface area contributed by atoms with Crippen molar-refractivity contribution in [3.05, 3.63) is 15.8 Å². The number of carbonyl (C=O) groups excluding carboxylic acids is 1. The van der Waals surface area contributed by atoms with Crippen molar-refractivity contribution in [2.24, 2.45) is 5.41 Å². The zero-order chi connectivity index (χ0) is 11.8. The van der Waals surface area contributed by atoms with E-state index in [1.807, 2.05) is 6.92 Å². The van der Waals surface area contributed by atoms with E-state index in [-0.39, 0.29) is 5.91 Å². The minimum atomic E-state index is 0.0120. The number of aryl methyl sites for hydroxylation is 1. The second kappa shape index (κ2) is 4.09. The molecule has 0 spiro atoms. The number of amides is 1. The van der Waals surface area contributed by atoms with Crippen LogP contribution < -0.4 is 11.1 Å². The number of carbonyl (C=O) groups is 1. The molecule has 0 bridgehead atoms.